The number of nitrogens with zero attached hydrogens (tertiary/aromatic N) is 1. The fraction of sp³-hybridized carbons (Fsp3) is 1.00. The molecule has 2 saturated heterocycles. The van der Waals surface area contributed by atoms with Gasteiger partial charge in [0.15, 0.2) is 0 Å². The average molecular weight is 301 g/mol. The van der Waals surface area contributed by atoms with Crippen molar-refractivity contribution < 1.29 is 21.6 Å². The van der Waals surface area contributed by atoms with E-state index in [0.717, 1.165) is 13.1 Å². The Bertz CT molecular complexity index is 426. The minimum Gasteiger partial charge on any atom is -0.316 e. The highest BCUT2D eigenvalue weighted by molar-refractivity contribution is 7.87. The van der Waals surface area contributed by atoms with Crippen LogP contribution < -0.4 is 10.0 Å². The van der Waals surface area contributed by atoms with Crippen molar-refractivity contribution in [3.8, 4) is 0 Å². The van der Waals surface area contributed by atoms with Crippen molar-refractivity contribution in [2.45, 2.75) is 25.6 Å². The fourth-order valence-corrected chi connectivity index (χ4v) is 4.58. The Hall–Kier alpha value is -0.380. The van der Waals surface area contributed by atoms with Crippen molar-refractivity contribution in [1.82, 2.24) is 14.3 Å². The maximum absolute atomic E-state index is 12.1. The van der Waals surface area contributed by atoms with E-state index < -0.39 is 22.9 Å². The molecule has 2 aliphatic heterocycles. The van der Waals surface area contributed by atoms with Gasteiger partial charge < -0.3 is 5.32 Å². The summed E-state index contributed by atoms with van der Waals surface area (Å²) in [4.78, 5) is 0. The van der Waals surface area contributed by atoms with Crippen LogP contribution in [0, 0.1) is 11.8 Å². The Morgan fingerprint density at radius 2 is 2.05 bits per heavy atom. The number of hydrogen-bond donors (Lipinski definition) is 2. The van der Waals surface area contributed by atoms with Gasteiger partial charge in [-0.3, -0.25) is 0 Å². The maximum Gasteiger partial charge on any atom is 0.402 e. The molecule has 2 rings (SSSR count). The number of alkyl halides is 3. The summed E-state index contributed by atoms with van der Waals surface area (Å²) in [6.07, 6.45) is -3.93. The first-order valence-corrected chi connectivity index (χ1v) is 7.72. The Balaban J connectivity index is 2.08. The zero-order chi connectivity index (χ0) is 14.3. The number of halogens is 3. The van der Waals surface area contributed by atoms with Crippen LogP contribution in [0.25, 0.3) is 0 Å². The zero-order valence-corrected chi connectivity index (χ0v) is 11.4. The molecule has 2 N–H and O–H groups in total. The quantitative estimate of drug-likeness (QED) is 0.786. The first-order valence-electron chi connectivity index (χ1n) is 6.28. The van der Waals surface area contributed by atoms with Gasteiger partial charge in [-0.2, -0.15) is 30.6 Å². The first kappa shape index (κ1) is 15.0. The second-order valence-electron chi connectivity index (χ2n) is 5.07. The normalized spacial score (nSPS) is 32.7. The molecule has 5 nitrogen and oxygen atoms in total. The van der Waals surface area contributed by atoms with Crippen LogP contribution in [-0.4, -0.2) is 51.1 Å². The summed E-state index contributed by atoms with van der Waals surface area (Å²) in [5.74, 6) is 0.403. The lowest BCUT2D eigenvalue weighted by molar-refractivity contribution is -0.121. The molecule has 3 unspecified atom stereocenters. The predicted molar refractivity (Wildman–Crippen MR) is 63.6 cm³/mol. The maximum atomic E-state index is 12.1. The third kappa shape index (κ3) is 3.21. The van der Waals surface area contributed by atoms with Crippen LogP contribution in [0.15, 0.2) is 0 Å². The van der Waals surface area contributed by atoms with Crippen LogP contribution in [0.2, 0.25) is 0 Å². The molecule has 2 fully saturated rings. The predicted octanol–water partition coefficient (Wildman–Crippen LogP) is 0.313. The first-order chi connectivity index (χ1) is 8.74. The molecular weight excluding hydrogens is 283 g/mol. The molecule has 0 aromatic rings. The Morgan fingerprint density at radius 1 is 1.37 bits per heavy atom. The lowest BCUT2D eigenvalue weighted by Gasteiger charge is -2.26. The van der Waals surface area contributed by atoms with Gasteiger partial charge in [-0.15, -0.1) is 0 Å². The van der Waals surface area contributed by atoms with Gasteiger partial charge in [-0.1, -0.05) is 6.92 Å². The summed E-state index contributed by atoms with van der Waals surface area (Å²) in [5, 5.41) is 3.19. The largest absolute Gasteiger partial charge is 0.402 e. The summed E-state index contributed by atoms with van der Waals surface area (Å²) in [7, 11) is -4.06. The van der Waals surface area contributed by atoms with Crippen LogP contribution in [0.5, 0.6) is 0 Å². The fourth-order valence-electron chi connectivity index (χ4n) is 3.02. The highest BCUT2D eigenvalue weighted by Crippen LogP contribution is 2.35. The van der Waals surface area contributed by atoms with Gasteiger partial charge in [0.25, 0.3) is 10.2 Å². The molecule has 9 heteroatoms. The summed E-state index contributed by atoms with van der Waals surface area (Å²) < 4.78 is 63.2. The Morgan fingerprint density at radius 3 is 2.63 bits per heavy atom. The van der Waals surface area contributed by atoms with E-state index in [1.54, 1.807) is 4.72 Å². The number of rotatable bonds is 4. The van der Waals surface area contributed by atoms with Crippen molar-refractivity contribution in [3.05, 3.63) is 0 Å². The molecule has 0 aromatic carbocycles. The highest BCUT2D eigenvalue weighted by atomic mass is 32.2. The molecule has 2 heterocycles. The number of nitrogens with one attached hydrogen (secondary N) is 2. The summed E-state index contributed by atoms with van der Waals surface area (Å²) in [6, 6.07) is -0.217. The van der Waals surface area contributed by atoms with Crippen molar-refractivity contribution in [3.63, 3.8) is 0 Å². The third-order valence-corrected chi connectivity index (χ3v) is 5.40. The molecule has 0 saturated carbocycles. The van der Waals surface area contributed by atoms with Crippen LogP contribution in [0.4, 0.5) is 13.2 Å². The van der Waals surface area contributed by atoms with Crippen LogP contribution >= 0.6 is 0 Å². The van der Waals surface area contributed by atoms with E-state index in [1.807, 2.05) is 6.92 Å². The molecule has 0 spiro atoms. The second kappa shape index (κ2) is 5.19. The van der Waals surface area contributed by atoms with E-state index in [1.165, 1.54) is 4.31 Å². The second-order valence-corrected chi connectivity index (χ2v) is 6.78. The van der Waals surface area contributed by atoms with E-state index in [2.05, 4.69) is 5.32 Å². The lowest BCUT2D eigenvalue weighted by atomic mass is 9.93. The summed E-state index contributed by atoms with van der Waals surface area (Å²) >= 11 is 0. The smallest absolute Gasteiger partial charge is 0.316 e. The molecule has 0 aliphatic carbocycles. The molecular formula is C10H18F3N3O2S. The third-order valence-electron chi connectivity index (χ3n) is 3.85. The van der Waals surface area contributed by atoms with Crippen molar-refractivity contribution in [2.24, 2.45) is 11.8 Å². The van der Waals surface area contributed by atoms with Crippen molar-refractivity contribution in [2.75, 3.05) is 26.2 Å². The van der Waals surface area contributed by atoms with Gasteiger partial charge in [0, 0.05) is 12.6 Å². The highest BCUT2D eigenvalue weighted by Gasteiger charge is 2.48. The number of fused-ring (bicyclic) bond motifs is 1. The Labute approximate surface area is 110 Å². The van der Waals surface area contributed by atoms with Gasteiger partial charge in [-0.25, -0.2) is 0 Å². The van der Waals surface area contributed by atoms with Crippen LogP contribution in [0.3, 0.4) is 0 Å². The van der Waals surface area contributed by atoms with Crippen molar-refractivity contribution in [1.29, 1.82) is 0 Å². The number of hydrogen-bond acceptors (Lipinski definition) is 3. The van der Waals surface area contributed by atoms with Gasteiger partial charge >= 0.3 is 6.18 Å². The molecule has 0 bridgehead atoms. The zero-order valence-electron chi connectivity index (χ0n) is 10.6. The molecule has 0 radical (unpaired) electrons. The van der Waals surface area contributed by atoms with Gasteiger partial charge in [0.2, 0.25) is 0 Å². The molecule has 2 aliphatic rings. The molecule has 112 valence electrons. The van der Waals surface area contributed by atoms with E-state index in [9.17, 15) is 21.6 Å². The molecule has 0 amide bonds. The minimum atomic E-state index is -4.54. The molecule has 0 aromatic heterocycles. The summed E-state index contributed by atoms with van der Waals surface area (Å²) in [6.45, 7) is 2.10. The van der Waals surface area contributed by atoms with Crippen molar-refractivity contribution >= 4 is 10.2 Å². The van der Waals surface area contributed by atoms with Gasteiger partial charge in [0.1, 0.15) is 6.54 Å². The van der Waals surface area contributed by atoms with E-state index >= 15 is 0 Å². The average Bonchev–Trinajstić information content (AvgIpc) is 2.84. The lowest BCUT2D eigenvalue weighted by Crippen LogP contribution is -2.48. The van der Waals surface area contributed by atoms with E-state index in [-0.39, 0.29) is 17.9 Å². The summed E-state index contributed by atoms with van der Waals surface area (Å²) in [5.41, 5.74) is 0. The monoisotopic (exact) mass is 301 g/mol. The molecule has 19 heavy (non-hydrogen) atoms. The SMILES string of the molecule is CCC1C2CNCC2CN1S(=O)(=O)NCC(F)(F)F. The van der Waals surface area contributed by atoms with Gasteiger partial charge in [-0.05, 0) is 31.3 Å². The van der Waals surface area contributed by atoms with E-state index in [0.29, 0.717) is 13.0 Å². The standard InChI is InChI=1S/C10H18F3N3O2S/c1-2-9-8-4-14-3-7(8)5-16(9)19(17,18)15-6-10(11,12)13/h7-9,14-15H,2-6H2,1H3. The molecule has 3 atom stereocenters. The topological polar surface area (TPSA) is 61.4 Å². The van der Waals surface area contributed by atoms with Crippen LogP contribution in [0.1, 0.15) is 13.3 Å². The minimum absolute atomic E-state index is 0.201. The van der Waals surface area contributed by atoms with E-state index in [4.69, 9.17) is 0 Å². The van der Waals surface area contributed by atoms with Crippen LogP contribution in [-0.2, 0) is 10.2 Å². The Kier molecular flexibility index (Phi) is 4.10. The van der Waals surface area contributed by atoms with Gasteiger partial charge in [0.05, 0.1) is 0 Å².